The van der Waals surface area contributed by atoms with Crippen molar-refractivity contribution in [2.45, 2.75) is 77.7 Å². The number of ether oxygens (including phenoxy) is 2. The highest BCUT2D eigenvalue weighted by atomic mass is 16.5. The van der Waals surface area contributed by atoms with Gasteiger partial charge in [-0.1, -0.05) is 13.8 Å². The molecule has 0 spiro atoms. The Morgan fingerprint density at radius 2 is 2.00 bits per heavy atom. The molecule has 2 heterocycles. The van der Waals surface area contributed by atoms with Gasteiger partial charge in [-0.05, 0) is 52.0 Å². The SMILES string of the molecule is CCNC(CCC1CCCO1)C1C(C)OC(C)C1C. The quantitative estimate of drug-likeness (QED) is 0.804. The van der Waals surface area contributed by atoms with E-state index in [1.807, 2.05) is 0 Å². The molecule has 2 fully saturated rings. The number of rotatable bonds is 6. The molecule has 3 heteroatoms. The first-order chi connectivity index (χ1) is 9.13. The molecule has 2 rings (SSSR count). The lowest BCUT2D eigenvalue weighted by Crippen LogP contribution is -2.42. The lowest BCUT2D eigenvalue weighted by molar-refractivity contribution is 0.0455. The van der Waals surface area contributed by atoms with E-state index in [9.17, 15) is 0 Å². The fourth-order valence-electron chi connectivity index (χ4n) is 3.92. The van der Waals surface area contributed by atoms with Crippen LogP contribution >= 0.6 is 0 Å². The molecule has 0 amide bonds. The standard InChI is InChI=1S/C16H31NO2/c1-5-17-15(9-8-14-7-6-10-18-14)16-11(2)12(3)19-13(16)4/h11-17H,5-10H2,1-4H3. The van der Waals surface area contributed by atoms with Crippen molar-refractivity contribution in [3.05, 3.63) is 0 Å². The maximum absolute atomic E-state index is 6.01. The molecule has 19 heavy (non-hydrogen) atoms. The Hall–Kier alpha value is -0.120. The molecule has 2 saturated heterocycles. The molecule has 2 aliphatic heterocycles. The first-order valence-corrected chi connectivity index (χ1v) is 8.14. The van der Waals surface area contributed by atoms with Crippen LogP contribution in [0.15, 0.2) is 0 Å². The molecule has 0 saturated carbocycles. The van der Waals surface area contributed by atoms with Crippen LogP contribution in [-0.4, -0.2) is 37.5 Å². The van der Waals surface area contributed by atoms with Gasteiger partial charge in [-0.3, -0.25) is 0 Å². The smallest absolute Gasteiger partial charge is 0.0597 e. The zero-order chi connectivity index (χ0) is 13.8. The Labute approximate surface area is 118 Å². The van der Waals surface area contributed by atoms with Crippen molar-refractivity contribution in [3.63, 3.8) is 0 Å². The van der Waals surface area contributed by atoms with Crippen LogP contribution in [0, 0.1) is 11.8 Å². The van der Waals surface area contributed by atoms with Gasteiger partial charge < -0.3 is 14.8 Å². The van der Waals surface area contributed by atoms with Gasteiger partial charge in [-0.25, -0.2) is 0 Å². The molecule has 3 nitrogen and oxygen atoms in total. The third-order valence-corrected chi connectivity index (χ3v) is 5.07. The molecule has 1 N–H and O–H groups in total. The van der Waals surface area contributed by atoms with Crippen LogP contribution in [0.25, 0.3) is 0 Å². The van der Waals surface area contributed by atoms with Gasteiger partial charge in [0.2, 0.25) is 0 Å². The summed E-state index contributed by atoms with van der Waals surface area (Å²) in [5.41, 5.74) is 0. The highest BCUT2D eigenvalue weighted by Gasteiger charge is 2.41. The number of hydrogen-bond acceptors (Lipinski definition) is 3. The molecular formula is C16H31NO2. The predicted molar refractivity (Wildman–Crippen MR) is 78.3 cm³/mol. The van der Waals surface area contributed by atoms with Crippen molar-refractivity contribution >= 4 is 0 Å². The normalized spacial score (nSPS) is 40.7. The second-order valence-corrected chi connectivity index (χ2v) is 6.36. The van der Waals surface area contributed by atoms with E-state index >= 15 is 0 Å². The van der Waals surface area contributed by atoms with Crippen molar-refractivity contribution in [1.29, 1.82) is 0 Å². The van der Waals surface area contributed by atoms with E-state index in [0.717, 1.165) is 13.2 Å². The van der Waals surface area contributed by atoms with E-state index in [1.54, 1.807) is 0 Å². The average molecular weight is 269 g/mol. The lowest BCUT2D eigenvalue weighted by atomic mass is 9.81. The summed E-state index contributed by atoms with van der Waals surface area (Å²) in [5.74, 6) is 1.28. The summed E-state index contributed by atoms with van der Waals surface area (Å²) < 4.78 is 11.8. The van der Waals surface area contributed by atoms with Gasteiger partial charge in [-0.2, -0.15) is 0 Å². The van der Waals surface area contributed by atoms with Gasteiger partial charge in [0, 0.05) is 18.6 Å². The highest BCUT2D eigenvalue weighted by molar-refractivity contribution is 4.92. The minimum Gasteiger partial charge on any atom is -0.378 e. The van der Waals surface area contributed by atoms with Crippen molar-refractivity contribution in [1.82, 2.24) is 5.32 Å². The van der Waals surface area contributed by atoms with Gasteiger partial charge in [-0.15, -0.1) is 0 Å². The lowest BCUT2D eigenvalue weighted by Gasteiger charge is -2.30. The van der Waals surface area contributed by atoms with Gasteiger partial charge in [0.15, 0.2) is 0 Å². The Morgan fingerprint density at radius 3 is 2.53 bits per heavy atom. The molecule has 112 valence electrons. The van der Waals surface area contributed by atoms with E-state index in [0.29, 0.717) is 36.2 Å². The fraction of sp³-hybridized carbons (Fsp3) is 1.00. The highest BCUT2D eigenvalue weighted by Crippen LogP contribution is 2.36. The van der Waals surface area contributed by atoms with Crippen LogP contribution in [0.3, 0.4) is 0 Å². The Bertz CT molecular complexity index is 265. The molecule has 0 bridgehead atoms. The fourth-order valence-corrected chi connectivity index (χ4v) is 3.92. The van der Waals surface area contributed by atoms with E-state index in [2.05, 4.69) is 33.0 Å². The summed E-state index contributed by atoms with van der Waals surface area (Å²) in [6.07, 6.45) is 6.18. The van der Waals surface area contributed by atoms with Gasteiger partial charge >= 0.3 is 0 Å². The van der Waals surface area contributed by atoms with E-state index in [-0.39, 0.29) is 0 Å². The summed E-state index contributed by atoms with van der Waals surface area (Å²) in [4.78, 5) is 0. The Morgan fingerprint density at radius 1 is 1.21 bits per heavy atom. The van der Waals surface area contributed by atoms with Crippen LogP contribution in [0.1, 0.15) is 53.4 Å². The summed E-state index contributed by atoms with van der Waals surface area (Å²) >= 11 is 0. The van der Waals surface area contributed by atoms with E-state index < -0.39 is 0 Å². The number of nitrogens with one attached hydrogen (secondary N) is 1. The molecule has 0 aliphatic carbocycles. The van der Waals surface area contributed by atoms with Gasteiger partial charge in [0.1, 0.15) is 0 Å². The first kappa shape index (κ1) is 15.3. The second kappa shape index (κ2) is 7.05. The molecule has 0 aromatic rings. The summed E-state index contributed by atoms with van der Waals surface area (Å²) in [6.45, 7) is 11.0. The topological polar surface area (TPSA) is 30.5 Å². The zero-order valence-electron chi connectivity index (χ0n) is 13.0. The van der Waals surface area contributed by atoms with Crippen molar-refractivity contribution < 1.29 is 9.47 Å². The molecule has 6 unspecified atom stereocenters. The summed E-state index contributed by atoms with van der Waals surface area (Å²) in [7, 11) is 0. The van der Waals surface area contributed by atoms with Crippen LogP contribution in [0.2, 0.25) is 0 Å². The molecule has 0 aromatic carbocycles. The molecule has 0 aromatic heterocycles. The van der Waals surface area contributed by atoms with Gasteiger partial charge in [0.05, 0.1) is 18.3 Å². The first-order valence-electron chi connectivity index (χ1n) is 8.14. The predicted octanol–water partition coefficient (Wildman–Crippen LogP) is 2.98. The third kappa shape index (κ3) is 3.71. The van der Waals surface area contributed by atoms with E-state index in [1.165, 1.54) is 25.7 Å². The van der Waals surface area contributed by atoms with Crippen LogP contribution in [0.4, 0.5) is 0 Å². The second-order valence-electron chi connectivity index (χ2n) is 6.36. The monoisotopic (exact) mass is 269 g/mol. The molecule has 2 aliphatic rings. The Balaban J connectivity index is 1.90. The maximum Gasteiger partial charge on any atom is 0.0597 e. The van der Waals surface area contributed by atoms with Crippen LogP contribution < -0.4 is 5.32 Å². The van der Waals surface area contributed by atoms with Crippen LogP contribution in [-0.2, 0) is 9.47 Å². The van der Waals surface area contributed by atoms with Crippen molar-refractivity contribution in [3.8, 4) is 0 Å². The zero-order valence-corrected chi connectivity index (χ0v) is 13.0. The summed E-state index contributed by atoms with van der Waals surface area (Å²) in [6, 6.07) is 0.573. The molecule has 6 atom stereocenters. The third-order valence-electron chi connectivity index (χ3n) is 5.07. The van der Waals surface area contributed by atoms with Crippen molar-refractivity contribution in [2.75, 3.05) is 13.2 Å². The van der Waals surface area contributed by atoms with Gasteiger partial charge in [0.25, 0.3) is 0 Å². The minimum atomic E-state index is 0.374. The molecular weight excluding hydrogens is 238 g/mol. The molecule has 0 radical (unpaired) electrons. The Kier molecular flexibility index (Phi) is 5.67. The van der Waals surface area contributed by atoms with Crippen LogP contribution in [0.5, 0.6) is 0 Å². The average Bonchev–Trinajstić information content (AvgIpc) is 2.96. The van der Waals surface area contributed by atoms with E-state index in [4.69, 9.17) is 9.47 Å². The maximum atomic E-state index is 6.01. The van der Waals surface area contributed by atoms with Crippen molar-refractivity contribution in [2.24, 2.45) is 11.8 Å². The summed E-state index contributed by atoms with van der Waals surface area (Å²) in [5, 5.41) is 3.69. The largest absolute Gasteiger partial charge is 0.378 e. The number of hydrogen-bond donors (Lipinski definition) is 1. The minimum absolute atomic E-state index is 0.374.